The Balaban J connectivity index is 2.41. The molecule has 1 unspecified atom stereocenters. The van der Waals surface area contributed by atoms with E-state index in [1.54, 1.807) is 6.07 Å². The second-order valence-electron chi connectivity index (χ2n) is 4.12. The molecular formula is C12H17BrN2O4. The van der Waals surface area contributed by atoms with Gasteiger partial charge in [0.05, 0.1) is 22.1 Å². The van der Waals surface area contributed by atoms with E-state index < -0.39 is 11.0 Å². The molecule has 0 aliphatic carbocycles. The Labute approximate surface area is 120 Å². The van der Waals surface area contributed by atoms with Crippen LogP contribution in [0.5, 0.6) is 0 Å². The fourth-order valence-electron chi connectivity index (χ4n) is 1.59. The normalized spacial score (nSPS) is 12.4. The van der Waals surface area contributed by atoms with Gasteiger partial charge in [0.1, 0.15) is 0 Å². The van der Waals surface area contributed by atoms with Gasteiger partial charge >= 0.3 is 0 Å². The number of nitrogens with one attached hydrogen (secondary N) is 1. The molecule has 0 aliphatic rings. The number of methoxy groups -OCH3 is 1. The van der Waals surface area contributed by atoms with E-state index in [-0.39, 0.29) is 5.69 Å². The van der Waals surface area contributed by atoms with Crippen LogP contribution in [0.15, 0.2) is 22.7 Å². The van der Waals surface area contributed by atoms with Crippen LogP contribution in [0.1, 0.15) is 12.0 Å². The first-order chi connectivity index (χ1) is 9.04. The second-order valence-corrected chi connectivity index (χ2v) is 4.97. The number of nitro benzene ring substituents is 1. The summed E-state index contributed by atoms with van der Waals surface area (Å²) in [6.07, 6.45) is 0.0867. The third kappa shape index (κ3) is 5.65. The minimum Gasteiger partial charge on any atom is -0.391 e. The van der Waals surface area contributed by atoms with Gasteiger partial charge in [-0.25, -0.2) is 0 Å². The van der Waals surface area contributed by atoms with Gasteiger partial charge in [-0.3, -0.25) is 10.1 Å². The lowest BCUT2D eigenvalue weighted by Gasteiger charge is -2.10. The molecule has 0 saturated carbocycles. The molecule has 0 aromatic heterocycles. The van der Waals surface area contributed by atoms with Gasteiger partial charge in [0, 0.05) is 19.7 Å². The Hall–Kier alpha value is -1.02. The van der Waals surface area contributed by atoms with Crippen molar-refractivity contribution in [3.63, 3.8) is 0 Å². The predicted molar refractivity (Wildman–Crippen MR) is 75.0 cm³/mol. The van der Waals surface area contributed by atoms with Crippen molar-refractivity contribution in [2.75, 3.05) is 20.3 Å². The first kappa shape index (κ1) is 16.0. The largest absolute Gasteiger partial charge is 0.391 e. The van der Waals surface area contributed by atoms with Crippen LogP contribution in [0.2, 0.25) is 0 Å². The highest BCUT2D eigenvalue weighted by Crippen LogP contribution is 2.25. The zero-order valence-corrected chi connectivity index (χ0v) is 12.2. The van der Waals surface area contributed by atoms with E-state index in [9.17, 15) is 15.2 Å². The third-order valence-corrected chi connectivity index (χ3v) is 3.22. The molecule has 0 saturated heterocycles. The van der Waals surface area contributed by atoms with Gasteiger partial charge in [-0.1, -0.05) is 6.07 Å². The number of hydrogen-bond donors (Lipinski definition) is 2. The van der Waals surface area contributed by atoms with E-state index in [1.807, 2.05) is 6.07 Å². The molecule has 1 rings (SSSR count). The second kappa shape index (κ2) is 8.21. The quantitative estimate of drug-likeness (QED) is 0.431. The summed E-state index contributed by atoms with van der Waals surface area (Å²) in [5, 5.41) is 23.3. The molecule has 1 aromatic carbocycles. The Bertz CT molecular complexity index is 428. The molecule has 2 N–H and O–H groups in total. The summed E-state index contributed by atoms with van der Waals surface area (Å²) in [5.41, 5.74) is 0.884. The molecule has 0 spiro atoms. The van der Waals surface area contributed by atoms with Gasteiger partial charge in [-0.2, -0.15) is 0 Å². The summed E-state index contributed by atoms with van der Waals surface area (Å²) in [4.78, 5) is 10.4. The number of halogens is 1. The molecule has 0 bridgehead atoms. The van der Waals surface area contributed by atoms with Crippen molar-refractivity contribution in [3.8, 4) is 0 Å². The summed E-state index contributed by atoms with van der Waals surface area (Å²) in [7, 11) is 1.54. The lowest BCUT2D eigenvalue weighted by Crippen LogP contribution is -2.23. The smallest absolute Gasteiger partial charge is 0.283 e. The van der Waals surface area contributed by atoms with Gasteiger partial charge in [0.15, 0.2) is 0 Å². The van der Waals surface area contributed by atoms with Gasteiger partial charge in [-0.15, -0.1) is 0 Å². The monoisotopic (exact) mass is 332 g/mol. The zero-order chi connectivity index (χ0) is 14.3. The zero-order valence-electron chi connectivity index (χ0n) is 10.6. The van der Waals surface area contributed by atoms with E-state index in [0.717, 1.165) is 5.56 Å². The van der Waals surface area contributed by atoms with E-state index in [0.29, 0.717) is 30.6 Å². The first-order valence-electron chi connectivity index (χ1n) is 5.85. The van der Waals surface area contributed by atoms with E-state index in [4.69, 9.17) is 4.74 Å². The summed E-state index contributed by atoms with van der Waals surface area (Å²) >= 11 is 3.14. The van der Waals surface area contributed by atoms with E-state index in [1.165, 1.54) is 13.2 Å². The van der Waals surface area contributed by atoms with E-state index >= 15 is 0 Å². The Morgan fingerprint density at radius 3 is 2.95 bits per heavy atom. The van der Waals surface area contributed by atoms with Crippen molar-refractivity contribution >= 4 is 21.6 Å². The lowest BCUT2D eigenvalue weighted by atomic mass is 10.2. The van der Waals surface area contributed by atoms with Gasteiger partial charge in [0.25, 0.3) is 5.69 Å². The highest BCUT2D eigenvalue weighted by atomic mass is 79.9. The third-order valence-electron chi connectivity index (χ3n) is 2.55. The van der Waals surface area contributed by atoms with Crippen molar-refractivity contribution in [1.82, 2.24) is 5.32 Å². The SMILES string of the molecule is COCC(O)CCNCc1ccc(Br)c([N+](=O)[O-])c1. The van der Waals surface area contributed by atoms with Crippen LogP contribution in [-0.4, -0.2) is 36.4 Å². The summed E-state index contributed by atoms with van der Waals surface area (Å²) in [5.74, 6) is 0. The van der Waals surface area contributed by atoms with Gasteiger partial charge < -0.3 is 15.2 Å². The maximum atomic E-state index is 10.8. The van der Waals surface area contributed by atoms with Crippen molar-refractivity contribution in [3.05, 3.63) is 38.3 Å². The van der Waals surface area contributed by atoms with Crippen molar-refractivity contribution in [2.24, 2.45) is 0 Å². The number of aliphatic hydroxyl groups excluding tert-OH is 1. The fourth-order valence-corrected chi connectivity index (χ4v) is 1.98. The predicted octanol–water partition coefficient (Wildman–Crippen LogP) is 1.84. The maximum Gasteiger partial charge on any atom is 0.283 e. The fraction of sp³-hybridized carbons (Fsp3) is 0.500. The standard InChI is InChI=1S/C12H17BrN2O4/c1-19-8-10(16)4-5-14-7-9-2-3-11(13)12(6-9)15(17)18/h2-3,6,10,14,16H,4-5,7-8H2,1H3. The molecule has 0 heterocycles. The minimum atomic E-state index is -0.489. The molecule has 0 amide bonds. The molecule has 7 heteroatoms. The lowest BCUT2D eigenvalue weighted by molar-refractivity contribution is -0.385. The van der Waals surface area contributed by atoms with Crippen LogP contribution in [0.25, 0.3) is 0 Å². The number of benzene rings is 1. The summed E-state index contributed by atoms with van der Waals surface area (Å²) in [6, 6.07) is 5.01. The number of aliphatic hydroxyl groups is 1. The molecule has 1 aromatic rings. The highest BCUT2D eigenvalue weighted by molar-refractivity contribution is 9.10. The van der Waals surface area contributed by atoms with Crippen LogP contribution >= 0.6 is 15.9 Å². The van der Waals surface area contributed by atoms with Crippen molar-refractivity contribution < 1.29 is 14.8 Å². The summed E-state index contributed by atoms with van der Waals surface area (Å²) < 4.78 is 5.29. The molecule has 0 aliphatic heterocycles. The molecule has 1 atom stereocenters. The first-order valence-corrected chi connectivity index (χ1v) is 6.64. The Morgan fingerprint density at radius 2 is 2.32 bits per heavy atom. The van der Waals surface area contributed by atoms with Crippen LogP contribution in [0.4, 0.5) is 5.69 Å². The van der Waals surface area contributed by atoms with Crippen LogP contribution < -0.4 is 5.32 Å². The molecular weight excluding hydrogens is 316 g/mol. The molecule has 0 radical (unpaired) electrons. The Kier molecular flexibility index (Phi) is 6.93. The number of hydrogen-bond acceptors (Lipinski definition) is 5. The molecule has 0 fully saturated rings. The number of nitro groups is 1. The molecule has 6 nitrogen and oxygen atoms in total. The average Bonchev–Trinajstić information content (AvgIpc) is 2.36. The van der Waals surface area contributed by atoms with E-state index in [2.05, 4.69) is 21.2 Å². The summed E-state index contributed by atoms with van der Waals surface area (Å²) in [6.45, 7) is 1.45. The number of nitrogens with zero attached hydrogens (tertiary/aromatic N) is 1. The minimum absolute atomic E-state index is 0.0544. The molecule has 106 valence electrons. The maximum absolute atomic E-state index is 10.8. The van der Waals surface area contributed by atoms with Crippen LogP contribution in [0, 0.1) is 10.1 Å². The highest BCUT2D eigenvalue weighted by Gasteiger charge is 2.12. The topological polar surface area (TPSA) is 84.6 Å². The van der Waals surface area contributed by atoms with Crippen LogP contribution in [0.3, 0.4) is 0 Å². The number of ether oxygens (including phenoxy) is 1. The van der Waals surface area contributed by atoms with Crippen molar-refractivity contribution in [2.45, 2.75) is 19.1 Å². The molecule has 19 heavy (non-hydrogen) atoms. The van der Waals surface area contributed by atoms with Crippen LogP contribution in [-0.2, 0) is 11.3 Å². The Morgan fingerprint density at radius 1 is 1.58 bits per heavy atom. The van der Waals surface area contributed by atoms with Gasteiger partial charge in [0.2, 0.25) is 0 Å². The average molecular weight is 333 g/mol. The number of rotatable bonds is 8. The van der Waals surface area contributed by atoms with Gasteiger partial charge in [-0.05, 0) is 40.5 Å². The van der Waals surface area contributed by atoms with Crippen molar-refractivity contribution in [1.29, 1.82) is 0 Å².